The summed E-state index contributed by atoms with van der Waals surface area (Å²) < 4.78 is 11.1. The third kappa shape index (κ3) is 4.10. The highest BCUT2D eigenvalue weighted by Gasteiger charge is 2.16. The summed E-state index contributed by atoms with van der Waals surface area (Å²) in [5.41, 5.74) is 2.64. The Balaban J connectivity index is 1.47. The highest BCUT2D eigenvalue weighted by atomic mass is 35.5. The van der Waals surface area contributed by atoms with Crippen LogP contribution in [0.25, 0.3) is 34.1 Å². The topological polar surface area (TPSA) is 86.0 Å². The molecular weight excluding hydrogens is 426 g/mol. The Bertz CT molecular complexity index is 1370. The maximum absolute atomic E-state index is 5.96. The molecule has 0 atom stereocenters. The van der Waals surface area contributed by atoms with Gasteiger partial charge in [0.05, 0.1) is 12.6 Å². The van der Waals surface area contributed by atoms with Crippen molar-refractivity contribution in [1.29, 1.82) is 0 Å². The van der Waals surface area contributed by atoms with Crippen LogP contribution in [0.2, 0.25) is 5.02 Å². The van der Waals surface area contributed by atoms with Crippen LogP contribution >= 0.6 is 11.6 Å². The molecule has 0 saturated carbocycles. The Labute approximate surface area is 189 Å². The second kappa shape index (κ2) is 8.64. The number of nitrogens with zero attached hydrogens (tertiary/aromatic N) is 4. The normalized spacial score (nSPS) is 10.9. The van der Waals surface area contributed by atoms with Gasteiger partial charge in [0, 0.05) is 22.5 Å². The molecule has 7 nitrogen and oxygen atoms in total. The maximum atomic E-state index is 5.96. The lowest BCUT2D eigenvalue weighted by Gasteiger charge is -2.10. The summed E-state index contributed by atoms with van der Waals surface area (Å²) in [6.45, 7) is 0.588. The van der Waals surface area contributed by atoms with Crippen molar-refractivity contribution in [2.24, 2.45) is 0 Å². The highest BCUT2D eigenvalue weighted by molar-refractivity contribution is 6.30. The molecule has 2 heterocycles. The van der Waals surface area contributed by atoms with Gasteiger partial charge in [-0.1, -0.05) is 35.9 Å². The van der Waals surface area contributed by atoms with Crippen molar-refractivity contribution < 1.29 is 9.15 Å². The monoisotopic (exact) mass is 443 g/mol. The summed E-state index contributed by atoms with van der Waals surface area (Å²) in [5, 5.41) is 13.2. The Morgan fingerprint density at radius 1 is 0.875 bits per heavy atom. The molecule has 5 aromatic rings. The molecule has 158 valence electrons. The molecule has 0 spiro atoms. The Kier molecular flexibility index (Phi) is 5.39. The summed E-state index contributed by atoms with van der Waals surface area (Å²) in [7, 11) is 1.65. The van der Waals surface area contributed by atoms with Gasteiger partial charge in [0.15, 0.2) is 0 Å². The number of hydrogen-bond donors (Lipinski definition) is 1. The molecule has 32 heavy (non-hydrogen) atoms. The zero-order chi connectivity index (χ0) is 21.9. The molecule has 0 fully saturated rings. The molecule has 0 aliphatic carbocycles. The number of hydrogen-bond acceptors (Lipinski definition) is 7. The first-order valence-electron chi connectivity index (χ1n) is 9.93. The third-order valence-corrected chi connectivity index (χ3v) is 5.18. The SMILES string of the molecule is COc1ccc(CNc2nc(-c3nnc(-c4ccc(Cl)cc4)o3)nc3ccccc23)cc1. The minimum atomic E-state index is 0.244. The van der Waals surface area contributed by atoms with Crippen LogP contribution in [0, 0.1) is 0 Å². The second-order valence-electron chi connectivity index (χ2n) is 7.03. The number of anilines is 1. The van der Waals surface area contributed by atoms with Crippen molar-refractivity contribution in [3.05, 3.63) is 83.4 Å². The van der Waals surface area contributed by atoms with Gasteiger partial charge in [0.25, 0.3) is 5.89 Å². The van der Waals surface area contributed by atoms with Gasteiger partial charge in [-0.25, -0.2) is 9.97 Å². The number of benzene rings is 3. The molecule has 0 radical (unpaired) electrons. The quantitative estimate of drug-likeness (QED) is 0.364. The van der Waals surface area contributed by atoms with Crippen LogP contribution < -0.4 is 10.1 Å². The minimum absolute atomic E-state index is 0.244. The molecule has 0 amide bonds. The van der Waals surface area contributed by atoms with Crippen molar-refractivity contribution in [2.75, 3.05) is 12.4 Å². The molecule has 0 aliphatic heterocycles. The van der Waals surface area contributed by atoms with E-state index in [0.29, 0.717) is 29.1 Å². The lowest BCUT2D eigenvalue weighted by Crippen LogP contribution is -2.04. The third-order valence-electron chi connectivity index (χ3n) is 4.93. The number of nitrogens with one attached hydrogen (secondary N) is 1. The highest BCUT2D eigenvalue weighted by Crippen LogP contribution is 2.27. The maximum Gasteiger partial charge on any atom is 0.286 e. The van der Waals surface area contributed by atoms with E-state index in [-0.39, 0.29) is 5.89 Å². The first kappa shape index (κ1) is 20.0. The lowest BCUT2D eigenvalue weighted by atomic mass is 10.2. The molecule has 0 bridgehead atoms. The van der Waals surface area contributed by atoms with E-state index in [2.05, 4.69) is 25.5 Å². The summed E-state index contributed by atoms with van der Waals surface area (Å²) >= 11 is 5.96. The molecule has 1 N–H and O–H groups in total. The number of fused-ring (bicyclic) bond motifs is 1. The van der Waals surface area contributed by atoms with E-state index >= 15 is 0 Å². The fourth-order valence-electron chi connectivity index (χ4n) is 3.26. The first-order valence-corrected chi connectivity index (χ1v) is 10.3. The van der Waals surface area contributed by atoms with Gasteiger partial charge < -0.3 is 14.5 Å². The van der Waals surface area contributed by atoms with Crippen molar-refractivity contribution >= 4 is 28.3 Å². The number of halogens is 1. The molecule has 5 rings (SSSR count). The standard InChI is InChI=1S/C24H18ClN5O2/c1-31-18-12-6-15(7-13-18)14-26-21-19-4-2-3-5-20(19)27-22(28-21)24-30-29-23(32-24)16-8-10-17(25)11-9-16/h2-13H,14H2,1H3,(H,26,27,28). The summed E-state index contributed by atoms with van der Waals surface area (Å²) in [4.78, 5) is 9.30. The van der Waals surface area contributed by atoms with Crippen LogP contribution in [0.4, 0.5) is 5.82 Å². The van der Waals surface area contributed by atoms with Gasteiger partial charge in [-0.15, -0.1) is 10.2 Å². The van der Waals surface area contributed by atoms with Gasteiger partial charge in [0.2, 0.25) is 11.7 Å². The zero-order valence-electron chi connectivity index (χ0n) is 17.1. The molecule has 8 heteroatoms. The summed E-state index contributed by atoms with van der Waals surface area (Å²) in [6.07, 6.45) is 0. The number of aromatic nitrogens is 4. The van der Waals surface area contributed by atoms with Crippen molar-refractivity contribution in [3.63, 3.8) is 0 Å². The number of rotatable bonds is 6. The van der Waals surface area contributed by atoms with Crippen LogP contribution in [-0.2, 0) is 6.54 Å². The average molecular weight is 444 g/mol. The van der Waals surface area contributed by atoms with Crippen molar-refractivity contribution in [3.8, 4) is 28.9 Å². The fourth-order valence-corrected chi connectivity index (χ4v) is 3.38. The predicted octanol–water partition coefficient (Wildman–Crippen LogP) is 5.62. The molecular formula is C24H18ClN5O2. The largest absolute Gasteiger partial charge is 0.497 e. The Morgan fingerprint density at radius 3 is 2.41 bits per heavy atom. The van der Waals surface area contributed by atoms with Gasteiger partial charge in [-0.3, -0.25) is 0 Å². The van der Waals surface area contributed by atoms with E-state index in [1.807, 2.05) is 60.7 Å². The molecule has 3 aromatic carbocycles. The van der Waals surface area contributed by atoms with E-state index in [4.69, 9.17) is 20.8 Å². The minimum Gasteiger partial charge on any atom is -0.497 e. The van der Waals surface area contributed by atoms with Crippen LogP contribution in [0.3, 0.4) is 0 Å². The van der Waals surface area contributed by atoms with Gasteiger partial charge in [-0.2, -0.15) is 0 Å². The van der Waals surface area contributed by atoms with E-state index < -0.39 is 0 Å². The first-order chi connectivity index (χ1) is 15.7. The van der Waals surface area contributed by atoms with Crippen molar-refractivity contribution in [1.82, 2.24) is 20.2 Å². The van der Waals surface area contributed by atoms with Crippen LogP contribution in [0.15, 0.2) is 77.2 Å². The Hall–Kier alpha value is -3.97. The van der Waals surface area contributed by atoms with Gasteiger partial charge in [-0.05, 0) is 54.1 Å². The van der Waals surface area contributed by atoms with Gasteiger partial charge >= 0.3 is 0 Å². The second-order valence-corrected chi connectivity index (χ2v) is 7.47. The van der Waals surface area contributed by atoms with Crippen LogP contribution in [-0.4, -0.2) is 27.3 Å². The summed E-state index contributed by atoms with van der Waals surface area (Å²) in [5.74, 6) is 2.48. The molecule has 2 aromatic heterocycles. The summed E-state index contributed by atoms with van der Waals surface area (Å²) in [6, 6.07) is 22.8. The van der Waals surface area contributed by atoms with E-state index in [9.17, 15) is 0 Å². The average Bonchev–Trinajstić information content (AvgIpc) is 3.33. The predicted molar refractivity (Wildman–Crippen MR) is 124 cm³/mol. The number of para-hydroxylation sites is 1. The van der Waals surface area contributed by atoms with E-state index in [1.54, 1.807) is 19.2 Å². The van der Waals surface area contributed by atoms with E-state index in [0.717, 1.165) is 27.8 Å². The van der Waals surface area contributed by atoms with E-state index in [1.165, 1.54) is 0 Å². The van der Waals surface area contributed by atoms with Crippen LogP contribution in [0.1, 0.15) is 5.56 Å². The number of methoxy groups -OCH3 is 1. The number of ether oxygens (including phenoxy) is 1. The lowest BCUT2D eigenvalue weighted by molar-refractivity contribution is 0.414. The Morgan fingerprint density at radius 2 is 1.62 bits per heavy atom. The fraction of sp³-hybridized carbons (Fsp3) is 0.0833. The smallest absolute Gasteiger partial charge is 0.286 e. The van der Waals surface area contributed by atoms with Crippen LogP contribution in [0.5, 0.6) is 5.75 Å². The zero-order valence-corrected chi connectivity index (χ0v) is 17.9. The molecule has 0 aliphatic rings. The molecule has 0 unspecified atom stereocenters. The molecule has 0 saturated heterocycles. The van der Waals surface area contributed by atoms with Crippen molar-refractivity contribution in [2.45, 2.75) is 6.54 Å². The van der Waals surface area contributed by atoms with Gasteiger partial charge in [0.1, 0.15) is 11.6 Å².